The molecule has 1 heteroatoms. The molecule has 0 aliphatic heterocycles. The van der Waals surface area contributed by atoms with Gasteiger partial charge in [-0.25, -0.2) is 0 Å². The molecular formula is C28H20Sn. The van der Waals surface area contributed by atoms with Gasteiger partial charge in [0.2, 0.25) is 0 Å². The normalized spacial score (nSPS) is 10.2. The third-order valence-corrected chi connectivity index (χ3v) is 16.6. The third kappa shape index (κ3) is 4.29. The summed E-state index contributed by atoms with van der Waals surface area (Å²) in [5, 5.41) is 0. The fourth-order valence-corrected chi connectivity index (χ4v) is 14.3. The standard InChI is InChI=1S/C10H5.3C6H5.Sn/c1-2-3-7-10-8-5-4-6-9-10;3*1-2-4-6-5-3-1;/h4-6,8-9H;3*1-5H;. The molecule has 4 aromatic rings. The van der Waals surface area contributed by atoms with Gasteiger partial charge >= 0.3 is 178 Å². The molecule has 0 aliphatic rings. The summed E-state index contributed by atoms with van der Waals surface area (Å²) in [6.07, 6.45) is 0. The maximum atomic E-state index is 3.74. The predicted molar refractivity (Wildman–Crippen MR) is 125 cm³/mol. The zero-order chi connectivity index (χ0) is 19.8. The fraction of sp³-hybridized carbons (Fsp3) is 0. The number of benzene rings is 4. The zero-order valence-corrected chi connectivity index (χ0v) is 18.9. The molecule has 0 nitrogen and oxygen atoms in total. The first kappa shape index (κ1) is 19.1. The molecule has 0 unspecified atom stereocenters. The van der Waals surface area contributed by atoms with Crippen molar-refractivity contribution in [2.24, 2.45) is 0 Å². The molecule has 0 saturated heterocycles. The Kier molecular flexibility index (Phi) is 6.15. The van der Waals surface area contributed by atoms with E-state index in [1.165, 1.54) is 10.7 Å². The van der Waals surface area contributed by atoms with Crippen LogP contribution in [0.2, 0.25) is 0 Å². The van der Waals surface area contributed by atoms with Crippen LogP contribution in [-0.4, -0.2) is 18.4 Å². The van der Waals surface area contributed by atoms with Crippen LogP contribution >= 0.6 is 0 Å². The Morgan fingerprint density at radius 3 is 1.21 bits per heavy atom. The molecule has 0 saturated carbocycles. The van der Waals surface area contributed by atoms with Gasteiger partial charge in [-0.2, -0.15) is 0 Å². The Balaban J connectivity index is 1.92. The summed E-state index contributed by atoms with van der Waals surface area (Å²) in [6, 6.07) is 42.3. The Morgan fingerprint density at radius 2 is 0.793 bits per heavy atom. The Hall–Kier alpha value is -3.20. The Morgan fingerprint density at radius 1 is 0.414 bits per heavy atom. The van der Waals surface area contributed by atoms with Crippen LogP contribution in [0.5, 0.6) is 0 Å². The molecule has 0 amide bonds. The molecule has 0 N–H and O–H groups in total. The van der Waals surface area contributed by atoms with Gasteiger partial charge in [-0.15, -0.1) is 0 Å². The Bertz CT molecular complexity index is 1080. The molecule has 0 bridgehead atoms. The summed E-state index contributed by atoms with van der Waals surface area (Å²) >= 11 is -3.52. The van der Waals surface area contributed by atoms with Gasteiger partial charge in [0.25, 0.3) is 0 Å². The van der Waals surface area contributed by atoms with E-state index in [-0.39, 0.29) is 0 Å². The minimum absolute atomic E-state index is 0.988. The van der Waals surface area contributed by atoms with Crippen molar-refractivity contribution in [3.05, 3.63) is 127 Å². The minimum atomic E-state index is -3.52. The topological polar surface area (TPSA) is 0 Å². The van der Waals surface area contributed by atoms with Crippen LogP contribution in [0.4, 0.5) is 0 Å². The maximum absolute atomic E-state index is 3.74. The predicted octanol–water partition coefficient (Wildman–Crippen LogP) is 3.75. The molecular weight excluding hydrogens is 455 g/mol. The van der Waals surface area contributed by atoms with E-state index in [1.807, 2.05) is 30.3 Å². The van der Waals surface area contributed by atoms with Crippen molar-refractivity contribution >= 4 is 29.1 Å². The second kappa shape index (κ2) is 9.33. The third-order valence-electron chi connectivity index (χ3n) is 4.91. The average molecular weight is 475 g/mol. The second-order valence-corrected chi connectivity index (χ2v) is 16.7. The van der Waals surface area contributed by atoms with E-state index in [0.717, 1.165) is 5.56 Å². The summed E-state index contributed by atoms with van der Waals surface area (Å²) in [5.41, 5.74) is 0.988. The van der Waals surface area contributed by atoms with E-state index in [0.29, 0.717) is 0 Å². The van der Waals surface area contributed by atoms with Crippen LogP contribution in [0.15, 0.2) is 121 Å². The first-order valence-electron chi connectivity index (χ1n) is 9.64. The number of hydrogen-bond acceptors (Lipinski definition) is 0. The van der Waals surface area contributed by atoms with Crippen molar-refractivity contribution in [1.29, 1.82) is 0 Å². The van der Waals surface area contributed by atoms with Crippen LogP contribution < -0.4 is 10.7 Å². The van der Waals surface area contributed by atoms with Gasteiger partial charge in [0, 0.05) is 0 Å². The van der Waals surface area contributed by atoms with E-state index in [1.54, 1.807) is 0 Å². The van der Waals surface area contributed by atoms with Crippen molar-refractivity contribution in [2.75, 3.05) is 0 Å². The average Bonchev–Trinajstić information content (AvgIpc) is 2.82. The van der Waals surface area contributed by atoms with E-state index in [4.69, 9.17) is 0 Å². The van der Waals surface area contributed by atoms with E-state index < -0.39 is 18.4 Å². The van der Waals surface area contributed by atoms with Crippen molar-refractivity contribution in [3.63, 3.8) is 0 Å². The van der Waals surface area contributed by atoms with Gasteiger partial charge in [0.05, 0.1) is 0 Å². The second-order valence-electron chi connectivity index (χ2n) is 6.71. The van der Waals surface area contributed by atoms with E-state index >= 15 is 0 Å². The van der Waals surface area contributed by atoms with Crippen LogP contribution in [0.25, 0.3) is 0 Å². The first-order chi connectivity index (χ1) is 14.4. The molecule has 0 radical (unpaired) electrons. The quantitative estimate of drug-likeness (QED) is 0.313. The molecule has 0 atom stereocenters. The zero-order valence-electron chi connectivity index (χ0n) is 16.0. The van der Waals surface area contributed by atoms with E-state index in [9.17, 15) is 0 Å². The molecule has 0 spiro atoms. The molecule has 29 heavy (non-hydrogen) atoms. The van der Waals surface area contributed by atoms with Crippen molar-refractivity contribution in [1.82, 2.24) is 0 Å². The summed E-state index contributed by atoms with van der Waals surface area (Å²) in [5.74, 6) is 9.54. The Labute approximate surface area is 177 Å². The summed E-state index contributed by atoms with van der Waals surface area (Å²) < 4.78 is 7.76. The number of rotatable bonds is 3. The van der Waals surface area contributed by atoms with Crippen LogP contribution in [0.1, 0.15) is 5.56 Å². The fourth-order valence-electron chi connectivity index (χ4n) is 3.53. The van der Waals surface area contributed by atoms with Crippen molar-refractivity contribution in [3.8, 4) is 21.7 Å². The monoisotopic (exact) mass is 476 g/mol. The van der Waals surface area contributed by atoms with E-state index in [2.05, 4.69) is 113 Å². The van der Waals surface area contributed by atoms with Gasteiger partial charge < -0.3 is 0 Å². The van der Waals surface area contributed by atoms with Gasteiger partial charge in [0.1, 0.15) is 0 Å². The molecule has 0 aliphatic carbocycles. The molecule has 0 fully saturated rings. The molecule has 0 aromatic heterocycles. The summed E-state index contributed by atoms with van der Waals surface area (Å²) in [4.78, 5) is 0. The SMILES string of the molecule is C(C#[C][Sn]([c]1ccccc1)([c]1ccccc1)[c]1ccccc1)#Cc1ccccc1. The number of hydrogen-bond donors (Lipinski definition) is 0. The summed E-state index contributed by atoms with van der Waals surface area (Å²) in [7, 11) is 0. The van der Waals surface area contributed by atoms with Crippen LogP contribution in [0, 0.1) is 21.7 Å². The molecule has 136 valence electrons. The van der Waals surface area contributed by atoms with Gasteiger partial charge in [-0.3, -0.25) is 0 Å². The molecule has 0 heterocycles. The van der Waals surface area contributed by atoms with Gasteiger partial charge in [-0.05, 0) is 0 Å². The molecule has 4 aromatic carbocycles. The first-order valence-corrected chi connectivity index (χ1v) is 15.4. The van der Waals surface area contributed by atoms with Gasteiger partial charge in [-0.1, -0.05) is 0 Å². The van der Waals surface area contributed by atoms with Gasteiger partial charge in [0.15, 0.2) is 0 Å². The van der Waals surface area contributed by atoms with Crippen LogP contribution in [0.3, 0.4) is 0 Å². The summed E-state index contributed by atoms with van der Waals surface area (Å²) in [6.45, 7) is 0. The van der Waals surface area contributed by atoms with Crippen molar-refractivity contribution < 1.29 is 0 Å². The van der Waals surface area contributed by atoms with Crippen LogP contribution in [-0.2, 0) is 0 Å². The molecule has 4 rings (SSSR count). The van der Waals surface area contributed by atoms with Crippen molar-refractivity contribution in [2.45, 2.75) is 0 Å².